The molecule has 0 aliphatic carbocycles. The first-order valence-corrected chi connectivity index (χ1v) is 7.76. The van der Waals surface area contributed by atoms with E-state index in [4.69, 9.17) is 10.3 Å². The summed E-state index contributed by atoms with van der Waals surface area (Å²) in [5.74, 6) is -0.634. The van der Waals surface area contributed by atoms with E-state index in [2.05, 4.69) is 0 Å². The first kappa shape index (κ1) is 16.2. The summed E-state index contributed by atoms with van der Waals surface area (Å²) < 4.78 is 31.4. The number of fused-ring (bicyclic) bond motifs is 1. The van der Waals surface area contributed by atoms with Crippen LogP contribution < -0.4 is 5.73 Å². The van der Waals surface area contributed by atoms with Crippen LogP contribution in [0.1, 0.15) is 10.4 Å². The lowest BCUT2D eigenvalue weighted by Crippen LogP contribution is -2.22. The molecule has 0 radical (unpaired) electrons. The summed E-state index contributed by atoms with van der Waals surface area (Å²) in [6.07, 6.45) is 0. The van der Waals surface area contributed by atoms with E-state index in [9.17, 15) is 18.3 Å². The number of nitrogen functional groups attached to an aromatic ring is 1. The number of hydrogen-bond donors (Lipinski definition) is 3. The highest BCUT2D eigenvalue weighted by Crippen LogP contribution is 2.35. The number of carbonyl (C=O) groups is 1. The number of rotatable bonds is 4. The normalized spacial score (nSPS) is 12.0. The average Bonchev–Trinajstić information content (AvgIpc) is 2.36. The van der Waals surface area contributed by atoms with Gasteiger partial charge in [0.1, 0.15) is 5.75 Å². The lowest BCUT2D eigenvalue weighted by atomic mass is 10.0. The second-order valence-corrected chi connectivity index (χ2v) is 6.62. The Morgan fingerprint density at radius 2 is 1.91 bits per heavy atom. The number of phenols is 1. The van der Waals surface area contributed by atoms with Crippen molar-refractivity contribution >= 4 is 32.4 Å². The van der Waals surface area contributed by atoms with Crippen molar-refractivity contribution in [1.29, 1.82) is 0 Å². The number of ketones is 1. The molecule has 0 amide bonds. The van der Waals surface area contributed by atoms with Crippen molar-refractivity contribution in [3.8, 4) is 5.75 Å². The summed E-state index contributed by atoms with van der Waals surface area (Å²) in [5.41, 5.74) is 6.26. The molecule has 2 aromatic rings. The molecule has 0 bridgehead atoms. The molecule has 22 heavy (non-hydrogen) atoms. The summed E-state index contributed by atoms with van der Waals surface area (Å²) in [4.78, 5) is 13.4. The van der Waals surface area contributed by atoms with E-state index in [1.807, 2.05) is 0 Å². The fraction of sp³-hybridized carbons (Fsp3) is 0.214. The van der Waals surface area contributed by atoms with Gasteiger partial charge in [0.05, 0.1) is 17.1 Å². The minimum absolute atomic E-state index is 0.0729. The molecule has 2 rings (SSSR count). The SMILES string of the molecule is CN(C)CC(=O)c1ccc2cc(S(=O)(=O)O)cc(O)c2c1N. The Hall–Kier alpha value is -2.16. The molecule has 0 saturated carbocycles. The van der Waals surface area contributed by atoms with E-state index in [0.717, 1.165) is 6.07 Å². The van der Waals surface area contributed by atoms with E-state index in [0.29, 0.717) is 5.39 Å². The molecule has 2 aromatic carbocycles. The van der Waals surface area contributed by atoms with Crippen molar-refractivity contribution in [2.24, 2.45) is 0 Å². The summed E-state index contributed by atoms with van der Waals surface area (Å²) >= 11 is 0. The van der Waals surface area contributed by atoms with Crippen LogP contribution in [0.3, 0.4) is 0 Å². The molecule has 0 unspecified atom stereocenters. The van der Waals surface area contributed by atoms with Crippen molar-refractivity contribution < 1.29 is 22.9 Å². The lowest BCUT2D eigenvalue weighted by Gasteiger charge is -2.13. The lowest BCUT2D eigenvalue weighted by molar-refractivity contribution is 0.0959. The monoisotopic (exact) mass is 324 g/mol. The summed E-state index contributed by atoms with van der Waals surface area (Å²) in [6, 6.07) is 5.02. The fourth-order valence-corrected chi connectivity index (χ4v) is 2.75. The van der Waals surface area contributed by atoms with Crippen molar-refractivity contribution in [1.82, 2.24) is 4.90 Å². The minimum atomic E-state index is -4.45. The number of anilines is 1. The Labute approximate surface area is 127 Å². The van der Waals surface area contributed by atoms with Gasteiger partial charge in [-0.05, 0) is 31.6 Å². The second-order valence-electron chi connectivity index (χ2n) is 5.20. The van der Waals surface area contributed by atoms with Gasteiger partial charge in [-0.3, -0.25) is 9.35 Å². The van der Waals surface area contributed by atoms with Gasteiger partial charge in [-0.25, -0.2) is 0 Å². The number of likely N-dealkylation sites (N-methyl/N-ethyl adjacent to an activating group) is 1. The molecule has 7 nitrogen and oxygen atoms in total. The molecule has 0 saturated heterocycles. The van der Waals surface area contributed by atoms with E-state index in [1.165, 1.54) is 18.2 Å². The Morgan fingerprint density at radius 1 is 1.27 bits per heavy atom. The number of carbonyl (C=O) groups excluding carboxylic acids is 1. The van der Waals surface area contributed by atoms with Crippen molar-refractivity contribution in [3.63, 3.8) is 0 Å². The third-order valence-electron chi connectivity index (χ3n) is 3.17. The van der Waals surface area contributed by atoms with Gasteiger partial charge < -0.3 is 15.7 Å². The number of hydrogen-bond acceptors (Lipinski definition) is 6. The zero-order chi connectivity index (χ0) is 16.7. The molecule has 0 aromatic heterocycles. The van der Waals surface area contributed by atoms with E-state index < -0.39 is 20.8 Å². The maximum Gasteiger partial charge on any atom is 0.294 e. The predicted molar refractivity (Wildman–Crippen MR) is 82.7 cm³/mol. The van der Waals surface area contributed by atoms with Crippen molar-refractivity contribution in [2.45, 2.75) is 4.90 Å². The van der Waals surface area contributed by atoms with Gasteiger partial charge in [0.25, 0.3) is 10.1 Å². The maximum atomic E-state index is 12.1. The Kier molecular flexibility index (Phi) is 4.10. The summed E-state index contributed by atoms with van der Waals surface area (Å²) in [7, 11) is -0.964. The molecule has 0 aliphatic rings. The molecule has 4 N–H and O–H groups in total. The number of aromatic hydroxyl groups is 1. The third-order valence-corrected chi connectivity index (χ3v) is 4.00. The van der Waals surface area contributed by atoms with Gasteiger partial charge in [0, 0.05) is 17.0 Å². The molecular formula is C14H16N2O5S. The van der Waals surface area contributed by atoms with Crippen LogP contribution in [0.4, 0.5) is 5.69 Å². The van der Waals surface area contributed by atoms with Crippen LogP contribution in [0.25, 0.3) is 10.8 Å². The first-order chi connectivity index (χ1) is 10.1. The predicted octanol–water partition coefficient (Wildman–Crippen LogP) is 1.12. The van der Waals surface area contributed by atoms with Gasteiger partial charge in [0.2, 0.25) is 0 Å². The molecule has 0 fully saturated rings. The maximum absolute atomic E-state index is 12.1. The topological polar surface area (TPSA) is 121 Å². The van der Waals surface area contributed by atoms with Crippen LogP contribution >= 0.6 is 0 Å². The van der Waals surface area contributed by atoms with Gasteiger partial charge in [-0.15, -0.1) is 0 Å². The molecule has 0 spiro atoms. The second kappa shape index (κ2) is 5.56. The van der Waals surface area contributed by atoms with Crippen LogP contribution in [0.5, 0.6) is 5.75 Å². The van der Waals surface area contributed by atoms with Crippen molar-refractivity contribution in [3.05, 3.63) is 29.8 Å². The highest BCUT2D eigenvalue weighted by molar-refractivity contribution is 7.85. The Balaban J connectivity index is 2.67. The fourth-order valence-electron chi connectivity index (χ4n) is 2.21. The standard InChI is InChI=1S/C14H16N2O5S/c1-16(2)7-12(18)10-4-3-8-5-9(22(19,20)21)6-11(17)13(8)14(10)15/h3-6,17H,7,15H2,1-2H3,(H,19,20,21). The third kappa shape index (κ3) is 3.03. The van der Waals surface area contributed by atoms with Crippen molar-refractivity contribution in [2.75, 3.05) is 26.4 Å². The van der Waals surface area contributed by atoms with E-state index in [-0.39, 0.29) is 29.0 Å². The molecule has 118 valence electrons. The number of phenolic OH excluding ortho intramolecular Hbond substituents is 1. The molecule has 0 heterocycles. The van der Waals surface area contributed by atoms with Gasteiger partial charge in [-0.1, -0.05) is 6.07 Å². The van der Waals surface area contributed by atoms with E-state index >= 15 is 0 Å². The Morgan fingerprint density at radius 3 is 2.45 bits per heavy atom. The van der Waals surface area contributed by atoms with E-state index in [1.54, 1.807) is 19.0 Å². The van der Waals surface area contributed by atoms with Crippen LogP contribution in [0.2, 0.25) is 0 Å². The zero-order valence-electron chi connectivity index (χ0n) is 12.1. The molecule has 0 aliphatic heterocycles. The van der Waals surface area contributed by atoms with Crippen LogP contribution in [0.15, 0.2) is 29.2 Å². The van der Waals surface area contributed by atoms with Gasteiger partial charge in [0.15, 0.2) is 5.78 Å². The van der Waals surface area contributed by atoms with Crippen LogP contribution in [0, 0.1) is 0 Å². The van der Waals surface area contributed by atoms with Gasteiger partial charge >= 0.3 is 0 Å². The summed E-state index contributed by atoms with van der Waals surface area (Å²) in [5, 5.41) is 10.5. The number of Topliss-reactive ketones (excluding diaryl/α,β-unsaturated/α-hetero) is 1. The molecule has 0 atom stereocenters. The van der Waals surface area contributed by atoms with Gasteiger partial charge in [-0.2, -0.15) is 8.42 Å². The van der Waals surface area contributed by atoms with Crippen LogP contribution in [-0.4, -0.2) is 49.4 Å². The average molecular weight is 324 g/mol. The van der Waals surface area contributed by atoms with Crippen LogP contribution in [-0.2, 0) is 10.1 Å². The quantitative estimate of drug-likeness (QED) is 0.438. The Bertz CT molecular complexity index is 859. The molecular weight excluding hydrogens is 308 g/mol. The number of nitrogens with two attached hydrogens (primary N) is 1. The summed E-state index contributed by atoms with van der Waals surface area (Å²) in [6.45, 7) is 0.152. The zero-order valence-corrected chi connectivity index (χ0v) is 12.9. The smallest absolute Gasteiger partial charge is 0.294 e. The highest BCUT2D eigenvalue weighted by Gasteiger charge is 2.18. The minimum Gasteiger partial charge on any atom is -0.507 e. The number of nitrogens with zero attached hydrogens (tertiary/aromatic N) is 1. The first-order valence-electron chi connectivity index (χ1n) is 6.32. The molecule has 8 heteroatoms. The number of benzene rings is 2. The highest BCUT2D eigenvalue weighted by atomic mass is 32.2. The largest absolute Gasteiger partial charge is 0.507 e.